The van der Waals surface area contributed by atoms with E-state index in [1.807, 2.05) is 24.3 Å². The van der Waals surface area contributed by atoms with Crippen LogP contribution in [-0.4, -0.2) is 276 Å². The van der Waals surface area contributed by atoms with Crippen molar-refractivity contribution >= 4 is 77.2 Å². The van der Waals surface area contributed by atoms with Gasteiger partial charge in [-0.15, -0.1) is 10.2 Å². The van der Waals surface area contributed by atoms with Gasteiger partial charge < -0.3 is 111 Å². The maximum Gasteiger partial charge on any atom is 0.407 e. The zero-order valence-electron chi connectivity index (χ0n) is 65.1. The Morgan fingerprint density at radius 3 is 1.84 bits per heavy atom. The zero-order valence-corrected chi connectivity index (χ0v) is 66.7. The number of phenols is 1. The average molecular weight is 1630 g/mol. The molecular formula is C75H110N12O24S2. The Labute approximate surface area is 664 Å². The fourth-order valence-electron chi connectivity index (χ4n) is 12.9. The fraction of sp³-hybridized carbons (Fsp3) is 0.613. The summed E-state index contributed by atoms with van der Waals surface area (Å²) in [6.07, 6.45) is -7.25. The molecule has 0 spiro atoms. The monoisotopic (exact) mass is 1630 g/mol. The van der Waals surface area contributed by atoms with Crippen LogP contribution in [0.2, 0.25) is 0 Å². The number of aromatic hydroxyl groups is 1. The van der Waals surface area contributed by atoms with Gasteiger partial charge in [0.05, 0.1) is 43.2 Å². The summed E-state index contributed by atoms with van der Waals surface area (Å²) in [4.78, 5) is 133. The summed E-state index contributed by atoms with van der Waals surface area (Å²) in [7, 11) is 1.69. The van der Waals surface area contributed by atoms with Crippen molar-refractivity contribution in [3.05, 3.63) is 77.9 Å². The summed E-state index contributed by atoms with van der Waals surface area (Å²) in [5, 5.41) is 122. The lowest BCUT2D eigenvalue weighted by atomic mass is 9.99. The van der Waals surface area contributed by atoms with Gasteiger partial charge >= 0.3 is 12.2 Å². The van der Waals surface area contributed by atoms with E-state index in [0.717, 1.165) is 67.1 Å². The van der Waals surface area contributed by atoms with Crippen LogP contribution in [0, 0.1) is 5.92 Å². The predicted molar refractivity (Wildman–Crippen MR) is 411 cm³/mol. The van der Waals surface area contributed by atoms with Gasteiger partial charge in [0.2, 0.25) is 35.4 Å². The number of ether oxygens (including phenoxy) is 4. The van der Waals surface area contributed by atoms with Crippen molar-refractivity contribution in [2.24, 2.45) is 5.92 Å². The molecule has 0 bridgehead atoms. The number of aliphatic hydroxyl groups excluding tert-OH is 6. The molecule has 3 fully saturated rings. The van der Waals surface area contributed by atoms with E-state index < -0.39 is 195 Å². The van der Waals surface area contributed by atoms with Crippen LogP contribution in [0.1, 0.15) is 142 Å². The number of aliphatic hydroxyl groups is 6. The first kappa shape index (κ1) is 91.5. The molecule has 36 nitrogen and oxygen atoms in total. The van der Waals surface area contributed by atoms with Crippen molar-refractivity contribution in [1.82, 2.24) is 62.1 Å². The largest absolute Gasteiger partial charge is 0.504 e. The Bertz CT molecular complexity index is 3720. The standard InChI is InChI=1S/C75H110N12O24S2/c1-43-40-87-61(62(43)94)67(99)78-39-49(89)37-52(79-63(95)46-20-22-47(23-21-46)68-83-84-69(112-68)48-24-26-51(27-25-48)106-34-18-12-10-11-17-33-105-9)64(96)80-58(44(2)88)70(100)86-41-50(90)38-53(86)65(97)81-59(55(92)35-45-19-28-54(91)57(36-45)109-113-111-110-104)66(98)82-60(71(87)101)56(93)42-85(31-15-13-29-76-72(102)107-74(3,4)5)32-16-14-30-77-73(103)108-75(6,7)8/h19-28,36,43-44,49-50,52-53,55-56,58-62,88-94,104H,10-18,29-35,37-42H2,1-9H3,(H,76,102)(H,77,103)(H,78,99)(H,79,95)(H,80,96)(H,81,97)(H,82,98)/t43-,44+,49+,50+,52+,53+,55-,56-,58+,59+,60+,61+,62+/m1/s1. The number of hydrogen-bond donors (Lipinski definition) is 15. The molecule has 3 aliphatic heterocycles. The van der Waals surface area contributed by atoms with Crippen molar-refractivity contribution in [3.8, 4) is 38.4 Å². The number of fused-ring (bicyclic) bond motifs is 2. The highest BCUT2D eigenvalue weighted by molar-refractivity contribution is 7.90. The van der Waals surface area contributed by atoms with Crippen molar-refractivity contribution in [1.29, 1.82) is 0 Å². The van der Waals surface area contributed by atoms with Crippen LogP contribution in [0.15, 0.2) is 66.7 Å². The SMILES string of the molecule is COCCCCCCCOc1ccc(-c2nnc(-c3ccc(C(=O)N[C@H]4C[C@H](O)CNC(=O)[C@@H]5[C@@H](O)[C@H](C)CN5C(=O)[C@H]([C@H](O)CN(CCCCNC(=O)OC(C)(C)C)CCCCNC(=O)OC(C)(C)C)NC(=O)[C@H]([C@H](O)Cc5ccc(O)c(OSOOO)c5)NC(=O)[C@@H]5C[C@H](O)CN5C(=O)[C@H]([C@H](C)O)NC4=O)cc3)s2)cc1. The molecule has 7 rings (SSSR count). The van der Waals surface area contributed by atoms with Crippen LogP contribution >= 0.6 is 23.7 Å². The first-order valence-corrected chi connectivity index (χ1v) is 39.3. The lowest BCUT2D eigenvalue weighted by Gasteiger charge is -2.35. The quantitative estimate of drug-likeness (QED) is 0.0138. The predicted octanol–water partition coefficient (Wildman–Crippen LogP) is 2.78. The van der Waals surface area contributed by atoms with Crippen molar-refractivity contribution in [3.63, 3.8) is 0 Å². The minimum atomic E-state index is -2.20. The number of β-amino-alcohol motifs (C(OH)–C–C–N with tert-alkyl or cyclic N) is 1. The van der Waals surface area contributed by atoms with Gasteiger partial charge in [-0.1, -0.05) is 65.1 Å². The third-order valence-electron chi connectivity index (χ3n) is 18.7. The maximum atomic E-state index is 15.6. The second-order valence-corrected chi connectivity index (χ2v) is 31.7. The highest BCUT2D eigenvalue weighted by atomic mass is 32.2. The number of benzene rings is 3. The molecule has 38 heteroatoms. The number of nitrogens with zero attached hydrogens (tertiary/aromatic N) is 5. The highest BCUT2D eigenvalue weighted by Crippen LogP contribution is 2.34. The molecule has 13 atom stereocenters. The summed E-state index contributed by atoms with van der Waals surface area (Å²) >= 11 is 1.35. The highest BCUT2D eigenvalue weighted by Gasteiger charge is 2.50. The molecule has 15 N–H and O–H groups in total. The minimum Gasteiger partial charge on any atom is -0.504 e. The molecular weight excluding hydrogens is 1520 g/mol. The molecule has 626 valence electrons. The van der Waals surface area contributed by atoms with Crippen molar-refractivity contribution in [2.75, 3.05) is 72.7 Å². The summed E-state index contributed by atoms with van der Waals surface area (Å²) in [6.45, 7) is 12.7. The lowest BCUT2D eigenvalue weighted by Crippen LogP contribution is -2.65. The van der Waals surface area contributed by atoms with Crippen LogP contribution in [0.25, 0.3) is 21.1 Å². The summed E-state index contributed by atoms with van der Waals surface area (Å²) in [5.74, 6) is -9.04. The van der Waals surface area contributed by atoms with Gasteiger partial charge in [0.25, 0.3) is 18.2 Å². The van der Waals surface area contributed by atoms with E-state index >= 15 is 14.4 Å². The Morgan fingerprint density at radius 1 is 0.673 bits per heavy atom. The topological polar surface area (TPSA) is 500 Å². The zero-order chi connectivity index (χ0) is 82.7. The molecule has 0 radical (unpaired) electrons. The van der Waals surface area contributed by atoms with E-state index in [1.54, 1.807) is 65.7 Å². The Kier molecular flexibility index (Phi) is 35.9. The molecule has 113 heavy (non-hydrogen) atoms. The molecule has 9 amide bonds. The number of carbonyl (C=O) groups excluding carboxylic acids is 9. The van der Waals surface area contributed by atoms with Gasteiger partial charge in [0.15, 0.2) is 11.5 Å². The smallest absolute Gasteiger partial charge is 0.407 e. The Balaban J connectivity index is 1.20. The number of carbonyl (C=O) groups is 9. The molecule has 0 aliphatic carbocycles. The Hall–Kier alpha value is -8.64. The maximum absolute atomic E-state index is 15.6. The molecule has 0 saturated carbocycles. The molecule has 3 saturated heterocycles. The van der Waals surface area contributed by atoms with E-state index in [4.69, 9.17) is 28.4 Å². The van der Waals surface area contributed by atoms with Gasteiger partial charge in [-0.05, 0) is 154 Å². The fourth-order valence-corrected chi connectivity index (χ4v) is 14.0. The molecule has 4 aromatic rings. The summed E-state index contributed by atoms with van der Waals surface area (Å²) in [6, 6.07) is 5.45. The van der Waals surface area contributed by atoms with E-state index in [1.165, 1.54) is 42.5 Å². The molecule has 0 unspecified atom stereocenters. The van der Waals surface area contributed by atoms with Gasteiger partial charge in [-0.25, -0.2) is 14.8 Å². The molecule has 3 aliphatic rings. The van der Waals surface area contributed by atoms with E-state index in [0.29, 0.717) is 53.6 Å². The summed E-state index contributed by atoms with van der Waals surface area (Å²) in [5.41, 5.74) is -0.122. The van der Waals surface area contributed by atoms with Gasteiger partial charge in [0, 0.05) is 94.9 Å². The van der Waals surface area contributed by atoms with Crippen LogP contribution in [-0.2, 0) is 58.8 Å². The third-order valence-corrected chi connectivity index (χ3v) is 20.0. The number of unbranched alkanes of at least 4 members (excludes halogenated alkanes) is 6. The number of rotatable bonds is 34. The number of nitrogens with one attached hydrogen (secondary N) is 7. The van der Waals surface area contributed by atoms with E-state index in [2.05, 4.69) is 56.8 Å². The normalized spacial score (nSPS) is 22.5. The van der Waals surface area contributed by atoms with Crippen LogP contribution in [0.4, 0.5) is 9.59 Å². The van der Waals surface area contributed by atoms with Crippen LogP contribution < -0.4 is 46.1 Å². The van der Waals surface area contributed by atoms with Gasteiger partial charge in [-0.2, -0.15) is 0 Å². The second kappa shape index (κ2) is 44.3. The van der Waals surface area contributed by atoms with Gasteiger partial charge in [-0.3, -0.25) is 33.6 Å². The van der Waals surface area contributed by atoms with Gasteiger partial charge in [0.1, 0.15) is 63.2 Å². The number of hydrogen-bond acceptors (Lipinski definition) is 29. The number of phenolic OH excluding ortho intramolecular Hbond substituents is 1. The summed E-state index contributed by atoms with van der Waals surface area (Å²) < 4.78 is 31.3. The molecule has 3 aromatic carbocycles. The number of amides is 9. The third kappa shape index (κ3) is 29.0. The van der Waals surface area contributed by atoms with E-state index in [9.17, 15) is 64.5 Å². The van der Waals surface area contributed by atoms with Crippen molar-refractivity contribution < 1.29 is 117 Å². The van der Waals surface area contributed by atoms with Crippen LogP contribution in [0.3, 0.4) is 0 Å². The first-order valence-electron chi connectivity index (χ1n) is 37.8. The lowest BCUT2D eigenvalue weighted by molar-refractivity contribution is -0.433. The molecule has 1 aromatic heterocycles. The number of aromatic nitrogens is 2. The Morgan fingerprint density at radius 2 is 1.25 bits per heavy atom. The minimum absolute atomic E-state index is 0.00185. The number of alkyl carbamates (subject to hydrolysis) is 2. The number of methoxy groups -OCH3 is 1. The van der Waals surface area contributed by atoms with Crippen molar-refractivity contribution in [2.45, 2.75) is 217 Å². The molecule has 4 heterocycles. The van der Waals surface area contributed by atoms with E-state index in [-0.39, 0.29) is 55.4 Å². The first-order chi connectivity index (χ1) is 53.6. The second-order valence-electron chi connectivity index (χ2n) is 30.3. The average Bonchev–Trinajstić information content (AvgIpc) is 1.65. The van der Waals surface area contributed by atoms with Crippen LogP contribution in [0.5, 0.6) is 17.2 Å².